The van der Waals surface area contributed by atoms with Gasteiger partial charge in [-0.3, -0.25) is 4.90 Å². The van der Waals surface area contributed by atoms with E-state index in [1.165, 1.54) is 0 Å². The van der Waals surface area contributed by atoms with Crippen molar-refractivity contribution >= 4 is 22.6 Å². The summed E-state index contributed by atoms with van der Waals surface area (Å²) in [7, 11) is 0. The highest BCUT2D eigenvalue weighted by Crippen LogP contribution is 2.10. The van der Waals surface area contributed by atoms with E-state index in [0.29, 0.717) is 12.2 Å². The molecule has 0 radical (unpaired) electrons. The van der Waals surface area contributed by atoms with Gasteiger partial charge in [-0.2, -0.15) is 0 Å². The van der Waals surface area contributed by atoms with Crippen molar-refractivity contribution in [2.45, 2.75) is 26.1 Å². The van der Waals surface area contributed by atoms with Crippen molar-refractivity contribution in [2.24, 2.45) is 0 Å². The van der Waals surface area contributed by atoms with E-state index in [9.17, 15) is 0 Å². The van der Waals surface area contributed by atoms with E-state index in [1.54, 1.807) is 0 Å². The first-order valence-electron chi connectivity index (χ1n) is 3.66. The molecule has 0 aromatic rings. The normalized spacial score (nSPS) is 36.3. The summed E-state index contributed by atoms with van der Waals surface area (Å²) in [5.74, 6) is 0. The average Bonchev–Trinajstić information content (AvgIpc) is 1.85. The van der Waals surface area contributed by atoms with Crippen molar-refractivity contribution in [2.75, 3.05) is 17.6 Å². The zero-order valence-corrected chi connectivity index (χ0v) is 8.67. The summed E-state index contributed by atoms with van der Waals surface area (Å²) in [5.41, 5.74) is 0. The van der Waals surface area contributed by atoms with Gasteiger partial charge in [0, 0.05) is 13.1 Å². The van der Waals surface area contributed by atoms with Gasteiger partial charge in [-0.15, -0.1) is 0 Å². The molecule has 0 unspecified atom stereocenters. The predicted molar refractivity (Wildman–Crippen MR) is 50.5 cm³/mol. The molecular formula is C7H14INO. The van der Waals surface area contributed by atoms with Crippen LogP contribution in [0.3, 0.4) is 0 Å². The van der Waals surface area contributed by atoms with E-state index in [2.05, 4.69) is 41.3 Å². The topological polar surface area (TPSA) is 12.5 Å². The maximum absolute atomic E-state index is 5.57. The Bertz CT molecular complexity index is 99.8. The number of hydrogen-bond donors (Lipinski definition) is 0. The van der Waals surface area contributed by atoms with Gasteiger partial charge in [-0.25, -0.2) is 0 Å². The monoisotopic (exact) mass is 255 g/mol. The lowest BCUT2D eigenvalue weighted by atomic mass is 10.2. The van der Waals surface area contributed by atoms with Gasteiger partial charge in [0.1, 0.15) is 0 Å². The Morgan fingerprint density at radius 3 is 2.30 bits per heavy atom. The van der Waals surface area contributed by atoms with Crippen LogP contribution in [0, 0.1) is 0 Å². The van der Waals surface area contributed by atoms with Crippen LogP contribution in [0.4, 0.5) is 0 Å². The van der Waals surface area contributed by atoms with Crippen molar-refractivity contribution in [1.82, 2.24) is 4.90 Å². The molecule has 0 aromatic heterocycles. The van der Waals surface area contributed by atoms with E-state index in [0.717, 1.165) is 17.6 Å². The molecule has 0 bridgehead atoms. The molecule has 0 aliphatic carbocycles. The molecule has 0 aromatic carbocycles. The van der Waals surface area contributed by atoms with Crippen LogP contribution in [0.1, 0.15) is 13.8 Å². The number of morpholine rings is 1. The Hall–Kier alpha value is 0.650. The fourth-order valence-corrected chi connectivity index (χ4v) is 1.94. The fraction of sp³-hybridized carbons (Fsp3) is 1.00. The maximum Gasteiger partial charge on any atom is 0.0678 e. The number of halogens is 1. The minimum absolute atomic E-state index is 0.415. The first-order valence-corrected chi connectivity index (χ1v) is 5.18. The number of rotatable bonds is 1. The molecule has 1 heterocycles. The second-order valence-corrected chi connectivity index (χ2v) is 3.60. The standard InChI is InChI=1S/C7H14INO/c1-6-3-9(5-8)4-7(2)10-6/h6-7H,3-5H2,1-2H3/t6-,7+. The molecule has 60 valence electrons. The van der Waals surface area contributed by atoms with Gasteiger partial charge >= 0.3 is 0 Å². The summed E-state index contributed by atoms with van der Waals surface area (Å²) in [6.07, 6.45) is 0.831. The molecule has 2 atom stereocenters. The maximum atomic E-state index is 5.57. The second kappa shape index (κ2) is 3.88. The molecule has 0 saturated carbocycles. The van der Waals surface area contributed by atoms with Crippen molar-refractivity contribution in [3.8, 4) is 0 Å². The zero-order chi connectivity index (χ0) is 7.56. The summed E-state index contributed by atoms with van der Waals surface area (Å²) < 4.78 is 6.69. The van der Waals surface area contributed by atoms with E-state index in [1.807, 2.05) is 0 Å². The van der Waals surface area contributed by atoms with Gasteiger partial charge in [0.25, 0.3) is 0 Å². The molecule has 3 heteroatoms. The molecule has 0 spiro atoms. The van der Waals surface area contributed by atoms with Crippen LogP contribution in [-0.2, 0) is 4.74 Å². The summed E-state index contributed by atoms with van der Waals surface area (Å²) >= 11 is 2.40. The molecule has 1 aliphatic heterocycles. The molecule has 0 amide bonds. The van der Waals surface area contributed by atoms with E-state index in [4.69, 9.17) is 4.74 Å². The van der Waals surface area contributed by atoms with Gasteiger partial charge < -0.3 is 4.74 Å². The molecule has 2 nitrogen and oxygen atoms in total. The van der Waals surface area contributed by atoms with Crippen LogP contribution < -0.4 is 0 Å². The SMILES string of the molecule is C[C@@H]1CN(CI)C[C@H](C)O1. The van der Waals surface area contributed by atoms with Crippen LogP contribution in [-0.4, -0.2) is 34.7 Å². The minimum atomic E-state index is 0.415. The molecule has 1 aliphatic rings. The molecule has 0 N–H and O–H groups in total. The summed E-state index contributed by atoms with van der Waals surface area (Å²) in [6, 6.07) is 0. The average molecular weight is 255 g/mol. The Labute approximate surface area is 76.1 Å². The fourth-order valence-electron chi connectivity index (χ4n) is 1.38. The molecule has 1 saturated heterocycles. The van der Waals surface area contributed by atoms with Crippen LogP contribution in [0.15, 0.2) is 0 Å². The smallest absolute Gasteiger partial charge is 0.0678 e. The van der Waals surface area contributed by atoms with Crippen molar-refractivity contribution in [1.29, 1.82) is 0 Å². The van der Waals surface area contributed by atoms with Gasteiger partial charge in [0.2, 0.25) is 0 Å². The first kappa shape index (κ1) is 8.74. The Morgan fingerprint density at radius 2 is 1.90 bits per heavy atom. The Balaban J connectivity index is 2.35. The van der Waals surface area contributed by atoms with Crippen molar-refractivity contribution in [3.05, 3.63) is 0 Å². The highest BCUT2D eigenvalue weighted by Gasteiger charge is 2.20. The lowest BCUT2D eigenvalue weighted by molar-refractivity contribution is -0.0612. The highest BCUT2D eigenvalue weighted by molar-refractivity contribution is 14.1. The third-order valence-electron chi connectivity index (χ3n) is 1.66. The van der Waals surface area contributed by atoms with E-state index < -0.39 is 0 Å². The van der Waals surface area contributed by atoms with Crippen LogP contribution >= 0.6 is 22.6 Å². The highest BCUT2D eigenvalue weighted by atomic mass is 127. The molecule has 1 fully saturated rings. The number of alkyl halides is 1. The number of nitrogens with zero attached hydrogens (tertiary/aromatic N) is 1. The molecule has 10 heavy (non-hydrogen) atoms. The first-order chi connectivity index (χ1) is 4.72. The lowest BCUT2D eigenvalue weighted by Gasteiger charge is -2.33. The summed E-state index contributed by atoms with van der Waals surface area (Å²) in [5, 5.41) is 0. The lowest BCUT2D eigenvalue weighted by Crippen LogP contribution is -2.44. The second-order valence-electron chi connectivity index (χ2n) is 2.91. The molecule has 1 rings (SSSR count). The number of hydrogen-bond acceptors (Lipinski definition) is 2. The quantitative estimate of drug-likeness (QED) is 0.400. The summed E-state index contributed by atoms with van der Waals surface area (Å²) in [6.45, 7) is 6.45. The van der Waals surface area contributed by atoms with Gasteiger partial charge in [-0.05, 0) is 13.8 Å². The Kier molecular flexibility index (Phi) is 3.39. The number of ether oxygens (including phenoxy) is 1. The van der Waals surface area contributed by atoms with Gasteiger partial charge in [-0.1, -0.05) is 22.6 Å². The Morgan fingerprint density at radius 1 is 1.40 bits per heavy atom. The van der Waals surface area contributed by atoms with E-state index >= 15 is 0 Å². The predicted octanol–water partition coefficient (Wildman–Crippen LogP) is 1.49. The minimum Gasteiger partial charge on any atom is -0.373 e. The van der Waals surface area contributed by atoms with Gasteiger partial charge in [0.15, 0.2) is 0 Å². The largest absolute Gasteiger partial charge is 0.373 e. The van der Waals surface area contributed by atoms with Gasteiger partial charge in [0.05, 0.1) is 16.8 Å². The van der Waals surface area contributed by atoms with Crippen molar-refractivity contribution in [3.63, 3.8) is 0 Å². The summed E-state index contributed by atoms with van der Waals surface area (Å²) in [4.78, 5) is 2.42. The van der Waals surface area contributed by atoms with Crippen LogP contribution in [0.5, 0.6) is 0 Å². The zero-order valence-electron chi connectivity index (χ0n) is 6.51. The third-order valence-corrected chi connectivity index (χ3v) is 2.63. The third kappa shape index (κ3) is 2.36. The van der Waals surface area contributed by atoms with Crippen LogP contribution in [0.25, 0.3) is 0 Å². The van der Waals surface area contributed by atoms with Crippen molar-refractivity contribution < 1.29 is 4.74 Å². The van der Waals surface area contributed by atoms with Crippen LogP contribution in [0.2, 0.25) is 0 Å². The van der Waals surface area contributed by atoms with E-state index in [-0.39, 0.29) is 0 Å². The molecular weight excluding hydrogens is 241 g/mol.